The molecule has 1 aromatic heterocycles. The summed E-state index contributed by atoms with van der Waals surface area (Å²) in [6.07, 6.45) is 1.66. The van der Waals surface area contributed by atoms with Crippen molar-refractivity contribution in [2.75, 3.05) is 5.32 Å². The van der Waals surface area contributed by atoms with Gasteiger partial charge in [-0.3, -0.25) is 9.89 Å². The van der Waals surface area contributed by atoms with E-state index >= 15 is 0 Å². The average molecular weight is 210 g/mol. The molecule has 14 heavy (non-hydrogen) atoms. The van der Waals surface area contributed by atoms with Crippen molar-refractivity contribution in [1.29, 1.82) is 0 Å². The number of aromatic amines is 1. The van der Waals surface area contributed by atoms with E-state index in [1.54, 1.807) is 18.3 Å². The minimum atomic E-state index is -0.136. The number of hydrogen-bond acceptors (Lipinski definition) is 2. The summed E-state index contributed by atoms with van der Waals surface area (Å²) in [5.74, 6) is -0.136. The lowest BCUT2D eigenvalue weighted by atomic mass is 10.2. The lowest BCUT2D eigenvalue weighted by Crippen LogP contribution is -2.06. The number of carbonyl (C=O) groups excluding carboxylic acids is 1. The maximum atomic E-state index is 10.9. The minimum absolute atomic E-state index is 0.136. The van der Waals surface area contributed by atoms with Gasteiger partial charge in [0, 0.05) is 17.3 Å². The highest BCUT2D eigenvalue weighted by Crippen LogP contribution is 2.25. The molecular weight excluding hydrogens is 202 g/mol. The van der Waals surface area contributed by atoms with Gasteiger partial charge in [-0.05, 0) is 12.1 Å². The third kappa shape index (κ3) is 1.56. The smallest absolute Gasteiger partial charge is 0.221 e. The summed E-state index contributed by atoms with van der Waals surface area (Å²) in [7, 11) is 0. The first-order chi connectivity index (χ1) is 6.66. The van der Waals surface area contributed by atoms with Crippen molar-refractivity contribution in [2.45, 2.75) is 6.92 Å². The SMILES string of the molecule is CC(=O)Nc1cc(Cl)cc2cn[nH]c12. The molecule has 0 fully saturated rings. The fraction of sp³-hybridized carbons (Fsp3) is 0.111. The van der Waals surface area contributed by atoms with Crippen molar-refractivity contribution in [2.24, 2.45) is 0 Å². The van der Waals surface area contributed by atoms with Gasteiger partial charge in [-0.25, -0.2) is 0 Å². The molecule has 0 aliphatic carbocycles. The van der Waals surface area contributed by atoms with Crippen LogP contribution in [0.15, 0.2) is 18.3 Å². The molecule has 0 atom stereocenters. The molecule has 0 bridgehead atoms. The summed E-state index contributed by atoms with van der Waals surface area (Å²) in [5, 5.41) is 10.8. The van der Waals surface area contributed by atoms with Gasteiger partial charge in [-0.2, -0.15) is 5.10 Å². The van der Waals surface area contributed by atoms with Crippen LogP contribution >= 0.6 is 11.6 Å². The van der Waals surface area contributed by atoms with Crippen molar-refractivity contribution in [3.05, 3.63) is 23.4 Å². The van der Waals surface area contributed by atoms with Crippen LogP contribution in [0.4, 0.5) is 5.69 Å². The molecule has 4 nitrogen and oxygen atoms in total. The zero-order valence-corrected chi connectivity index (χ0v) is 8.22. The molecule has 2 aromatic rings. The van der Waals surface area contributed by atoms with E-state index in [4.69, 9.17) is 11.6 Å². The standard InChI is InChI=1S/C9H8ClN3O/c1-5(14)12-8-3-7(10)2-6-4-11-13-9(6)8/h2-4H,1H3,(H,11,13)(H,12,14). The second-order valence-corrected chi connectivity index (χ2v) is 3.41. The zero-order chi connectivity index (χ0) is 10.1. The second-order valence-electron chi connectivity index (χ2n) is 2.97. The molecule has 1 aromatic carbocycles. The van der Waals surface area contributed by atoms with Crippen molar-refractivity contribution in [1.82, 2.24) is 10.2 Å². The van der Waals surface area contributed by atoms with Crippen molar-refractivity contribution >= 4 is 34.1 Å². The molecule has 2 N–H and O–H groups in total. The van der Waals surface area contributed by atoms with E-state index in [-0.39, 0.29) is 5.91 Å². The van der Waals surface area contributed by atoms with E-state index in [0.717, 1.165) is 10.9 Å². The third-order valence-electron chi connectivity index (χ3n) is 1.82. The van der Waals surface area contributed by atoms with E-state index in [2.05, 4.69) is 15.5 Å². The minimum Gasteiger partial charge on any atom is -0.324 e. The highest BCUT2D eigenvalue weighted by Gasteiger charge is 2.05. The largest absolute Gasteiger partial charge is 0.324 e. The molecule has 0 radical (unpaired) electrons. The Morgan fingerprint density at radius 3 is 3.07 bits per heavy atom. The number of carbonyl (C=O) groups is 1. The molecule has 0 saturated heterocycles. The first-order valence-electron chi connectivity index (χ1n) is 4.07. The van der Waals surface area contributed by atoms with Gasteiger partial charge in [-0.1, -0.05) is 11.6 Å². The molecular formula is C9H8ClN3O. The van der Waals surface area contributed by atoms with Crippen LogP contribution in [0.2, 0.25) is 5.02 Å². The Kier molecular flexibility index (Phi) is 2.13. The highest BCUT2D eigenvalue weighted by atomic mass is 35.5. The van der Waals surface area contributed by atoms with Crippen molar-refractivity contribution in [3.63, 3.8) is 0 Å². The number of nitrogens with zero attached hydrogens (tertiary/aromatic N) is 1. The normalized spacial score (nSPS) is 10.4. The number of H-pyrrole nitrogens is 1. The molecule has 0 saturated carbocycles. The Hall–Kier alpha value is -1.55. The molecule has 0 aliphatic rings. The van der Waals surface area contributed by atoms with Crippen LogP contribution in [0.1, 0.15) is 6.92 Å². The summed E-state index contributed by atoms with van der Waals surface area (Å²) in [5.41, 5.74) is 1.43. The average Bonchev–Trinajstić information content (AvgIpc) is 2.50. The van der Waals surface area contributed by atoms with Crippen molar-refractivity contribution in [3.8, 4) is 0 Å². The summed E-state index contributed by atoms with van der Waals surface area (Å²) in [4.78, 5) is 10.9. The summed E-state index contributed by atoms with van der Waals surface area (Å²) in [6.45, 7) is 1.45. The number of anilines is 1. The Labute approximate surface area is 85.3 Å². The fourth-order valence-electron chi connectivity index (χ4n) is 1.31. The molecule has 0 aliphatic heterocycles. The molecule has 5 heteroatoms. The predicted octanol–water partition coefficient (Wildman–Crippen LogP) is 2.17. The van der Waals surface area contributed by atoms with Gasteiger partial charge >= 0.3 is 0 Å². The number of benzene rings is 1. The van der Waals surface area contributed by atoms with Crippen LogP contribution in [0.3, 0.4) is 0 Å². The fourth-order valence-corrected chi connectivity index (χ4v) is 1.54. The molecule has 2 rings (SSSR count). The second kappa shape index (κ2) is 3.31. The number of halogens is 1. The van der Waals surface area contributed by atoms with Gasteiger partial charge in [0.15, 0.2) is 0 Å². The van der Waals surface area contributed by atoms with Crippen LogP contribution in [0.25, 0.3) is 10.9 Å². The van der Waals surface area contributed by atoms with Gasteiger partial charge < -0.3 is 5.32 Å². The van der Waals surface area contributed by atoms with Crippen LogP contribution in [-0.2, 0) is 4.79 Å². The van der Waals surface area contributed by atoms with Gasteiger partial charge in [0.2, 0.25) is 5.91 Å². The predicted molar refractivity (Wildman–Crippen MR) is 55.4 cm³/mol. The lowest BCUT2D eigenvalue weighted by molar-refractivity contribution is -0.114. The van der Waals surface area contributed by atoms with Crippen LogP contribution in [0, 0.1) is 0 Å². The maximum Gasteiger partial charge on any atom is 0.221 e. The van der Waals surface area contributed by atoms with Crippen LogP contribution < -0.4 is 5.32 Å². The van der Waals surface area contributed by atoms with Crippen LogP contribution in [-0.4, -0.2) is 16.1 Å². The first kappa shape index (κ1) is 9.02. The molecule has 0 unspecified atom stereocenters. The van der Waals surface area contributed by atoms with Gasteiger partial charge in [0.25, 0.3) is 0 Å². The van der Waals surface area contributed by atoms with Gasteiger partial charge in [-0.15, -0.1) is 0 Å². The topological polar surface area (TPSA) is 57.8 Å². The Morgan fingerprint density at radius 2 is 2.36 bits per heavy atom. The zero-order valence-electron chi connectivity index (χ0n) is 7.47. The molecule has 1 amide bonds. The number of rotatable bonds is 1. The Bertz CT molecular complexity index is 492. The van der Waals surface area contributed by atoms with E-state index in [1.807, 2.05) is 0 Å². The van der Waals surface area contributed by atoms with E-state index in [9.17, 15) is 4.79 Å². The molecule has 0 spiro atoms. The van der Waals surface area contributed by atoms with E-state index in [1.165, 1.54) is 6.92 Å². The highest BCUT2D eigenvalue weighted by molar-refractivity contribution is 6.32. The van der Waals surface area contributed by atoms with Gasteiger partial charge in [0.05, 0.1) is 17.4 Å². The summed E-state index contributed by atoms with van der Waals surface area (Å²) < 4.78 is 0. The lowest BCUT2D eigenvalue weighted by Gasteiger charge is -2.03. The van der Waals surface area contributed by atoms with Crippen molar-refractivity contribution < 1.29 is 4.79 Å². The van der Waals surface area contributed by atoms with E-state index in [0.29, 0.717) is 10.7 Å². The quantitative estimate of drug-likeness (QED) is 0.756. The number of aromatic nitrogens is 2. The Morgan fingerprint density at radius 1 is 1.57 bits per heavy atom. The third-order valence-corrected chi connectivity index (χ3v) is 2.04. The van der Waals surface area contributed by atoms with E-state index < -0.39 is 0 Å². The molecule has 72 valence electrons. The number of nitrogens with one attached hydrogen (secondary N) is 2. The number of amides is 1. The van der Waals surface area contributed by atoms with Gasteiger partial charge in [0.1, 0.15) is 0 Å². The number of hydrogen-bond donors (Lipinski definition) is 2. The van der Waals surface area contributed by atoms with Crippen LogP contribution in [0.5, 0.6) is 0 Å². The molecule has 1 heterocycles. The monoisotopic (exact) mass is 209 g/mol. The Balaban J connectivity index is 2.60. The first-order valence-corrected chi connectivity index (χ1v) is 4.45. The summed E-state index contributed by atoms with van der Waals surface area (Å²) in [6, 6.07) is 3.47. The maximum absolute atomic E-state index is 10.9. The number of fused-ring (bicyclic) bond motifs is 1. The summed E-state index contributed by atoms with van der Waals surface area (Å²) >= 11 is 5.87.